The van der Waals surface area contributed by atoms with Crippen molar-refractivity contribution in [1.29, 1.82) is 0 Å². The summed E-state index contributed by atoms with van der Waals surface area (Å²) in [5.74, 6) is 0.866. The summed E-state index contributed by atoms with van der Waals surface area (Å²) in [6.07, 6.45) is 4.39. The van der Waals surface area contributed by atoms with E-state index in [0.29, 0.717) is 47.1 Å². The summed E-state index contributed by atoms with van der Waals surface area (Å²) in [5, 5.41) is 1.56. The first-order valence-electron chi connectivity index (χ1n) is 14.6. The second-order valence-corrected chi connectivity index (χ2v) is 14.0. The van der Waals surface area contributed by atoms with Crippen molar-refractivity contribution in [2.75, 3.05) is 17.9 Å². The van der Waals surface area contributed by atoms with Gasteiger partial charge in [-0.25, -0.2) is 18.2 Å². The molecular weight excluding hydrogens is 582 g/mol. The smallest absolute Gasteiger partial charge is 0.255 e. The zero-order chi connectivity index (χ0) is 29.5. The normalized spacial score (nSPS) is 35.9. The lowest BCUT2D eigenvalue weighted by atomic mass is 9.58. The van der Waals surface area contributed by atoms with Gasteiger partial charge < -0.3 is 18.9 Å². The highest BCUT2D eigenvalue weighted by atomic mass is 35.5. The molecule has 0 amide bonds. The van der Waals surface area contributed by atoms with Crippen LogP contribution in [-0.4, -0.2) is 45.6 Å². The van der Waals surface area contributed by atoms with Gasteiger partial charge in [-0.3, -0.25) is 4.72 Å². The molecule has 4 heterocycles. The third-order valence-corrected chi connectivity index (χ3v) is 10.4. The molecule has 7 rings (SSSR count). The molecule has 5 aliphatic rings. The molecule has 1 N–H and O–H groups in total. The van der Waals surface area contributed by atoms with E-state index < -0.39 is 34.0 Å². The number of ether oxygens (including phenoxy) is 4. The Morgan fingerprint density at radius 3 is 2.71 bits per heavy atom. The molecule has 2 aromatic carbocycles. The van der Waals surface area contributed by atoms with E-state index in [-0.39, 0.29) is 11.8 Å². The van der Waals surface area contributed by atoms with Gasteiger partial charge in [0.25, 0.3) is 10.0 Å². The van der Waals surface area contributed by atoms with E-state index in [2.05, 4.69) is 18.6 Å². The standard InChI is InChI=1S/C31H38ClNO8S/c1-20-10-11-27-21(2)28(38-29-31(27)26(20)12-14-30(3,39-29)40-41-31)37-16-15-36-25-9-4-6-22(18-25)13-17-42(34,35)33-24-8-5-7-23(32)19-24/h4-9,13,17-21,26-29,33H,10-12,14-16H2,1-3H3/b17-13+/t20-,21-,26+,27+,28-,29-,30-,31-/m1/s1. The number of nitrogens with one attached hydrogen (secondary N) is 1. The van der Waals surface area contributed by atoms with Gasteiger partial charge in [0.1, 0.15) is 12.4 Å². The SMILES string of the molecule is C[C@H]1[C@H](OCCOc2cccc(/C=C/S(=O)(=O)Nc3cccc(Cl)c3)c2)O[C@@H]2O[C@@]3(C)CC[C@H]4[C@H](C)CC[C@@H]1[C@@]24OO3. The van der Waals surface area contributed by atoms with Crippen molar-refractivity contribution < 1.29 is 37.1 Å². The van der Waals surface area contributed by atoms with Crippen LogP contribution in [0.15, 0.2) is 53.9 Å². The molecular formula is C31H38ClNO8S. The quantitative estimate of drug-likeness (QED) is 0.256. The van der Waals surface area contributed by atoms with E-state index in [0.717, 1.165) is 31.1 Å². The summed E-state index contributed by atoms with van der Waals surface area (Å²) in [4.78, 5) is 12.1. The second kappa shape index (κ2) is 11.7. The Labute approximate surface area is 252 Å². The summed E-state index contributed by atoms with van der Waals surface area (Å²) in [6, 6.07) is 13.7. The number of sulfonamides is 1. The van der Waals surface area contributed by atoms with Gasteiger partial charge in [0.05, 0.1) is 17.7 Å². The molecule has 2 aromatic rings. The summed E-state index contributed by atoms with van der Waals surface area (Å²) >= 11 is 5.95. The third kappa shape index (κ3) is 5.95. The van der Waals surface area contributed by atoms with Crippen molar-refractivity contribution in [2.24, 2.45) is 23.7 Å². The van der Waals surface area contributed by atoms with Crippen molar-refractivity contribution in [3.05, 3.63) is 64.5 Å². The number of hydrogen-bond acceptors (Lipinski definition) is 8. The maximum absolute atomic E-state index is 12.5. The Bertz CT molecular complexity index is 1420. The lowest BCUT2D eigenvalue weighted by molar-refractivity contribution is -0.577. The van der Waals surface area contributed by atoms with E-state index in [1.54, 1.807) is 42.5 Å². The number of anilines is 1. The van der Waals surface area contributed by atoms with Gasteiger partial charge in [-0.15, -0.1) is 0 Å². The molecule has 0 aromatic heterocycles. The fourth-order valence-corrected chi connectivity index (χ4v) is 8.06. The van der Waals surface area contributed by atoms with Crippen LogP contribution < -0.4 is 9.46 Å². The van der Waals surface area contributed by atoms with Gasteiger partial charge >= 0.3 is 0 Å². The molecule has 4 aliphatic heterocycles. The molecule has 8 atom stereocenters. The third-order valence-electron chi connectivity index (χ3n) is 9.11. The molecule has 1 saturated carbocycles. The molecule has 5 fully saturated rings. The Kier molecular flexibility index (Phi) is 8.34. The van der Waals surface area contributed by atoms with Crippen molar-refractivity contribution in [3.8, 4) is 5.75 Å². The van der Waals surface area contributed by atoms with Crippen LogP contribution in [0.3, 0.4) is 0 Å². The molecule has 0 unspecified atom stereocenters. The highest BCUT2D eigenvalue weighted by Gasteiger charge is 2.69. The molecule has 9 nitrogen and oxygen atoms in total. The minimum Gasteiger partial charge on any atom is -0.491 e. The molecule has 0 radical (unpaired) electrons. The summed E-state index contributed by atoms with van der Waals surface area (Å²) in [6.45, 7) is 6.97. The van der Waals surface area contributed by atoms with E-state index in [9.17, 15) is 8.42 Å². The molecule has 1 aliphatic carbocycles. The summed E-state index contributed by atoms with van der Waals surface area (Å²) < 4.78 is 52.4. The molecule has 1 spiro atoms. The molecule has 42 heavy (non-hydrogen) atoms. The number of rotatable bonds is 9. The zero-order valence-corrected chi connectivity index (χ0v) is 25.6. The predicted molar refractivity (Wildman–Crippen MR) is 158 cm³/mol. The van der Waals surface area contributed by atoms with Crippen molar-refractivity contribution in [1.82, 2.24) is 0 Å². The van der Waals surface area contributed by atoms with E-state index in [4.69, 9.17) is 40.3 Å². The minimum atomic E-state index is -3.72. The first-order valence-corrected chi connectivity index (χ1v) is 16.5. The monoisotopic (exact) mass is 619 g/mol. The highest BCUT2D eigenvalue weighted by molar-refractivity contribution is 7.95. The van der Waals surface area contributed by atoms with Gasteiger partial charge in [0, 0.05) is 23.3 Å². The van der Waals surface area contributed by atoms with Crippen LogP contribution in [0.2, 0.25) is 5.02 Å². The summed E-state index contributed by atoms with van der Waals surface area (Å²) in [5.41, 5.74) is 0.452. The van der Waals surface area contributed by atoms with Gasteiger partial charge in [0.15, 0.2) is 18.2 Å². The number of fused-ring (bicyclic) bond motifs is 2. The Hall–Kier alpha value is -2.18. The van der Waals surface area contributed by atoms with Crippen LogP contribution in [-0.2, 0) is 34.0 Å². The Morgan fingerprint density at radius 1 is 1.05 bits per heavy atom. The molecule has 2 bridgehead atoms. The van der Waals surface area contributed by atoms with Gasteiger partial charge in [-0.2, -0.15) is 0 Å². The van der Waals surface area contributed by atoms with Crippen molar-refractivity contribution in [3.63, 3.8) is 0 Å². The Balaban J connectivity index is 1.04. The minimum absolute atomic E-state index is 0.0850. The average Bonchev–Trinajstić information content (AvgIpc) is 3.18. The maximum atomic E-state index is 12.5. The fourth-order valence-electron chi connectivity index (χ4n) is 7.01. The van der Waals surface area contributed by atoms with E-state index in [1.165, 1.54) is 6.08 Å². The van der Waals surface area contributed by atoms with Crippen LogP contribution in [0.1, 0.15) is 52.0 Å². The fraction of sp³-hybridized carbons (Fsp3) is 0.548. The lowest BCUT2D eigenvalue weighted by Gasteiger charge is -2.60. The van der Waals surface area contributed by atoms with Crippen LogP contribution in [0.5, 0.6) is 5.75 Å². The van der Waals surface area contributed by atoms with Crippen LogP contribution >= 0.6 is 11.6 Å². The van der Waals surface area contributed by atoms with Crippen LogP contribution in [0.4, 0.5) is 5.69 Å². The Morgan fingerprint density at radius 2 is 1.88 bits per heavy atom. The second-order valence-electron chi connectivity index (χ2n) is 12.0. The first-order chi connectivity index (χ1) is 20.1. The number of hydrogen-bond donors (Lipinski definition) is 1. The van der Waals surface area contributed by atoms with E-state index >= 15 is 0 Å². The lowest BCUT2D eigenvalue weighted by Crippen LogP contribution is -2.70. The summed E-state index contributed by atoms with van der Waals surface area (Å²) in [7, 11) is -3.72. The van der Waals surface area contributed by atoms with Gasteiger partial charge in [-0.05, 0) is 80.0 Å². The maximum Gasteiger partial charge on any atom is 0.255 e. The van der Waals surface area contributed by atoms with Crippen LogP contribution in [0.25, 0.3) is 6.08 Å². The molecule has 228 valence electrons. The van der Waals surface area contributed by atoms with Crippen molar-refractivity contribution >= 4 is 33.4 Å². The predicted octanol–water partition coefficient (Wildman–Crippen LogP) is 6.36. The van der Waals surface area contributed by atoms with Crippen LogP contribution in [0, 0.1) is 23.7 Å². The topological polar surface area (TPSA) is 102 Å². The van der Waals surface area contributed by atoms with Gasteiger partial charge in [-0.1, -0.05) is 43.6 Å². The van der Waals surface area contributed by atoms with E-state index in [1.807, 2.05) is 13.0 Å². The zero-order valence-electron chi connectivity index (χ0n) is 24.0. The van der Waals surface area contributed by atoms with Crippen molar-refractivity contribution in [2.45, 2.75) is 70.4 Å². The number of benzene rings is 2. The molecule has 11 heteroatoms. The molecule has 4 saturated heterocycles. The van der Waals surface area contributed by atoms with Gasteiger partial charge in [0.2, 0.25) is 5.79 Å². The highest BCUT2D eigenvalue weighted by Crippen LogP contribution is 2.60. The number of halogens is 1. The first kappa shape index (κ1) is 29.9. The largest absolute Gasteiger partial charge is 0.491 e. The average molecular weight is 620 g/mol.